The van der Waals surface area contributed by atoms with Crippen molar-refractivity contribution in [2.45, 2.75) is 18.2 Å². The number of thioether (sulfide) groups is 1. The van der Waals surface area contributed by atoms with Crippen LogP contribution < -0.4 is 5.73 Å². The number of aryl methyl sites for hydroxylation is 1. The first kappa shape index (κ1) is 14.4. The van der Waals surface area contributed by atoms with Gasteiger partial charge in [0.1, 0.15) is 0 Å². The van der Waals surface area contributed by atoms with Crippen LogP contribution in [0.4, 0.5) is 5.69 Å². The number of hydrogen-bond acceptors (Lipinski definition) is 4. The summed E-state index contributed by atoms with van der Waals surface area (Å²) in [7, 11) is 1.68. The summed E-state index contributed by atoms with van der Waals surface area (Å²) in [6.07, 6.45) is 1.03. The zero-order valence-electron chi connectivity index (χ0n) is 10.6. The Hall–Kier alpha value is -0.710. The van der Waals surface area contributed by atoms with E-state index in [1.807, 2.05) is 12.1 Å². The zero-order chi connectivity index (χ0) is 12.5. The van der Waals surface area contributed by atoms with Crippen LogP contribution in [-0.2, 0) is 9.47 Å². The molecular formula is C13H21NO2S. The van der Waals surface area contributed by atoms with E-state index in [1.165, 1.54) is 10.5 Å². The van der Waals surface area contributed by atoms with Crippen LogP contribution in [-0.4, -0.2) is 32.7 Å². The van der Waals surface area contributed by atoms with Crippen molar-refractivity contribution in [3.8, 4) is 0 Å². The van der Waals surface area contributed by atoms with E-state index in [4.69, 9.17) is 15.2 Å². The quantitative estimate of drug-likeness (QED) is 0.441. The molecule has 96 valence electrons. The molecule has 3 nitrogen and oxygen atoms in total. The zero-order valence-corrected chi connectivity index (χ0v) is 11.4. The average molecular weight is 255 g/mol. The molecule has 0 radical (unpaired) electrons. The van der Waals surface area contributed by atoms with Crippen molar-refractivity contribution in [1.29, 1.82) is 0 Å². The van der Waals surface area contributed by atoms with Gasteiger partial charge in [0, 0.05) is 30.1 Å². The van der Waals surface area contributed by atoms with E-state index in [0.717, 1.165) is 24.5 Å². The van der Waals surface area contributed by atoms with Crippen molar-refractivity contribution >= 4 is 17.4 Å². The van der Waals surface area contributed by atoms with Gasteiger partial charge in [-0.25, -0.2) is 0 Å². The summed E-state index contributed by atoms with van der Waals surface area (Å²) < 4.78 is 10.3. The molecule has 0 spiro atoms. The Balaban J connectivity index is 2.15. The molecule has 2 N–H and O–H groups in total. The fraction of sp³-hybridized carbons (Fsp3) is 0.538. The van der Waals surface area contributed by atoms with Gasteiger partial charge >= 0.3 is 0 Å². The molecule has 0 aliphatic heterocycles. The third-order valence-electron chi connectivity index (χ3n) is 2.29. The van der Waals surface area contributed by atoms with Gasteiger partial charge in [-0.1, -0.05) is 6.07 Å². The lowest BCUT2D eigenvalue weighted by Crippen LogP contribution is -2.03. The van der Waals surface area contributed by atoms with E-state index < -0.39 is 0 Å². The van der Waals surface area contributed by atoms with Crippen LogP contribution in [0.15, 0.2) is 23.1 Å². The Bertz CT molecular complexity index is 331. The Labute approximate surface area is 108 Å². The van der Waals surface area contributed by atoms with Gasteiger partial charge in [-0.05, 0) is 31.0 Å². The predicted octanol–water partition coefficient (Wildman–Crippen LogP) is 2.72. The van der Waals surface area contributed by atoms with Gasteiger partial charge in [0.05, 0.1) is 13.2 Å². The molecule has 0 aliphatic rings. The minimum Gasteiger partial charge on any atom is -0.398 e. The van der Waals surface area contributed by atoms with Crippen LogP contribution in [0.3, 0.4) is 0 Å². The molecule has 0 fully saturated rings. The third-order valence-corrected chi connectivity index (χ3v) is 3.45. The number of benzene rings is 1. The maximum Gasteiger partial charge on any atom is 0.0700 e. The van der Waals surface area contributed by atoms with Gasteiger partial charge in [0.2, 0.25) is 0 Å². The van der Waals surface area contributed by atoms with Crippen LogP contribution in [0, 0.1) is 6.92 Å². The Morgan fingerprint density at radius 1 is 1.24 bits per heavy atom. The molecule has 1 rings (SSSR count). The number of rotatable bonds is 8. The smallest absolute Gasteiger partial charge is 0.0700 e. The van der Waals surface area contributed by atoms with Gasteiger partial charge in [0.15, 0.2) is 0 Å². The molecule has 0 amide bonds. The normalized spacial score (nSPS) is 10.7. The highest BCUT2D eigenvalue weighted by atomic mass is 32.2. The molecule has 0 aliphatic carbocycles. The topological polar surface area (TPSA) is 44.5 Å². The number of hydrogen-bond donors (Lipinski definition) is 1. The first-order valence-electron chi connectivity index (χ1n) is 5.79. The molecule has 1 aromatic carbocycles. The molecule has 0 heterocycles. The summed E-state index contributed by atoms with van der Waals surface area (Å²) in [5, 5.41) is 0. The lowest BCUT2D eigenvalue weighted by atomic mass is 10.2. The van der Waals surface area contributed by atoms with Crippen molar-refractivity contribution < 1.29 is 9.47 Å². The molecule has 0 atom stereocenters. The molecule has 0 saturated heterocycles. The molecule has 0 saturated carbocycles. The van der Waals surface area contributed by atoms with Crippen molar-refractivity contribution in [2.75, 3.05) is 38.4 Å². The number of nitrogens with two attached hydrogens (primary N) is 1. The van der Waals surface area contributed by atoms with Crippen LogP contribution in [0.25, 0.3) is 0 Å². The second-order valence-electron chi connectivity index (χ2n) is 3.85. The number of anilines is 1. The van der Waals surface area contributed by atoms with Crippen LogP contribution in [0.2, 0.25) is 0 Å². The van der Waals surface area contributed by atoms with E-state index >= 15 is 0 Å². The summed E-state index contributed by atoms with van der Waals surface area (Å²) in [5.74, 6) is 1.03. The minimum atomic E-state index is 0.665. The van der Waals surface area contributed by atoms with E-state index in [0.29, 0.717) is 13.2 Å². The van der Waals surface area contributed by atoms with E-state index in [1.54, 1.807) is 18.9 Å². The van der Waals surface area contributed by atoms with Gasteiger partial charge in [-0.15, -0.1) is 11.8 Å². The maximum atomic E-state index is 5.90. The van der Waals surface area contributed by atoms with Crippen molar-refractivity contribution in [2.24, 2.45) is 0 Å². The molecule has 17 heavy (non-hydrogen) atoms. The van der Waals surface area contributed by atoms with Crippen LogP contribution in [0.5, 0.6) is 0 Å². The van der Waals surface area contributed by atoms with Gasteiger partial charge in [-0.3, -0.25) is 0 Å². The summed E-state index contributed by atoms with van der Waals surface area (Å²) in [4.78, 5) is 1.17. The lowest BCUT2D eigenvalue weighted by Gasteiger charge is -2.07. The fourth-order valence-electron chi connectivity index (χ4n) is 1.35. The van der Waals surface area contributed by atoms with E-state index in [2.05, 4.69) is 13.0 Å². The minimum absolute atomic E-state index is 0.665. The first-order chi connectivity index (χ1) is 8.24. The molecule has 0 unspecified atom stereocenters. The lowest BCUT2D eigenvalue weighted by molar-refractivity contribution is 0.0713. The largest absolute Gasteiger partial charge is 0.398 e. The molecule has 0 bridgehead atoms. The number of ether oxygens (including phenoxy) is 2. The third kappa shape index (κ3) is 5.96. The number of methoxy groups -OCH3 is 1. The Morgan fingerprint density at radius 3 is 2.82 bits per heavy atom. The predicted molar refractivity (Wildman–Crippen MR) is 73.6 cm³/mol. The second kappa shape index (κ2) is 8.39. The first-order valence-corrected chi connectivity index (χ1v) is 6.78. The highest BCUT2D eigenvalue weighted by Crippen LogP contribution is 2.26. The monoisotopic (exact) mass is 255 g/mol. The Kier molecular flexibility index (Phi) is 7.08. The number of nitrogen functional groups attached to an aromatic ring is 1. The highest BCUT2D eigenvalue weighted by molar-refractivity contribution is 7.99. The molecule has 0 aromatic heterocycles. The maximum absolute atomic E-state index is 5.90. The van der Waals surface area contributed by atoms with Crippen LogP contribution >= 0.6 is 11.8 Å². The summed E-state index contributed by atoms with van der Waals surface area (Å²) in [6, 6.07) is 6.13. The van der Waals surface area contributed by atoms with Crippen molar-refractivity contribution in [1.82, 2.24) is 0 Å². The summed E-state index contributed by atoms with van der Waals surface area (Å²) in [6.45, 7) is 4.20. The van der Waals surface area contributed by atoms with Crippen molar-refractivity contribution in [3.05, 3.63) is 23.8 Å². The highest BCUT2D eigenvalue weighted by Gasteiger charge is 2.00. The molecule has 1 aromatic rings. The standard InChI is InChI=1S/C13H21NO2S/c1-11-4-5-12(14)13(10-11)17-9-3-6-16-8-7-15-2/h4-5,10H,3,6-9,14H2,1-2H3. The summed E-state index contributed by atoms with van der Waals surface area (Å²) in [5.41, 5.74) is 8.01. The Morgan fingerprint density at radius 2 is 2.06 bits per heavy atom. The SMILES string of the molecule is COCCOCCCSc1cc(C)ccc1N. The summed E-state index contributed by atoms with van der Waals surface area (Å²) >= 11 is 1.79. The van der Waals surface area contributed by atoms with Gasteiger partial charge < -0.3 is 15.2 Å². The molecular weight excluding hydrogens is 234 g/mol. The molecule has 4 heteroatoms. The van der Waals surface area contributed by atoms with Crippen LogP contribution in [0.1, 0.15) is 12.0 Å². The van der Waals surface area contributed by atoms with Gasteiger partial charge in [-0.2, -0.15) is 0 Å². The van der Waals surface area contributed by atoms with Crippen molar-refractivity contribution in [3.63, 3.8) is 0 Å². The van der Waals surface area contributed by atoms with E-state index in [-0.39, 0.29) is 0 Å². The second-order valence-corrected chi connectivity index (χ2v) is 4.99. The van der Waals surface area contributed by atoms with Gasteiger partial charge in [0.25, 0.3) is 0 Å². The van der Waals surface area contributed by atoms with E-state index in [9.17, 15) is 0 Å². The average Bonchev–Trinajstić information content (AvgIpc) is 2.32. The fourth-order valence-corrected chi connectivity index (χ4v) is 2.34.